The van der Waals surface area contributed by atoms with Crippen molar-refractivity contribution in [3.8, 4) is 0 Å². The van der Waals surface area contributed by atoms with E-state index in [1.807, 2.05) is 6.92 Å². The largest absolute Gasteiger partial charge is 0.397 e. The van der Waals surface area contributed by atoms with Crippen molar-refractivity contribution in [3.63, 3.8) is 0 Å². The van der Waals surface area contributed by atoms with E-state index in [2.05, 4.69) is 4.72 Å². The molecule has 18 heavy (non-hydrogen) atoms. The van der Waals surface area contributed by atoms with Crippen molar-refractivity contribution in [3.05, 3.63) is 23.2 Å². The lowest BCUT2D eigenvalue weighted by Crippen LogP contribution is -2.40. The summed E-state index contributed by atoms with van der Waals surface area (Å²) < 4.78 is 27.0. The highest BCUT2D eigenvalue weighted by Gasteiger charge is 2.28. The zero-order valence-electron chi connectivity index (χ0n) is 10.2. The maximum atomic E-state index is 12.1. The molecule has 1 aromatic rings. The predicted molar refractivity (Wildman–Crippen MR) is 73.0 cm³/mol. The summed E-state index contributed by atoms with van der Waals surface area (Å²) in [5, 5.41) is 0.362. The van der Waals surface area contributed by atoms with E-state index in [0.717, 1.165) is 12.8 Å². The fourth-order valence-corrected chi connectivity index (χ4v) is 3.50. The van der Waals surface area contributed by atoms with Gasteiger partial charge < -0.3 is 5.73 Å². The minimum Gasteiger partial charge on any atom is -0.397 e. The summed E-state index contributed by atoms with van der Waals surface area (Å²) in [6.45, 7) is 1.90. The van der Waals surface area contributed by atoms with E-state index in [0.29, 0.717) is 10.9 Å². The number of hydrogen-bond donors (Lipinski definition) is 2. The molecule has 1 fully saturated rings. The van der Waals surface area contributed by atoms with E-state index in [1.54, 1.807) is 0 Å². The van der Waals surface area contributed by atoms with Crippen LogP contribution in [0, 0.1) is 5.92 Å². The van der Waals surface area contributed by atoms with Crippen LogP contribution in [0.4, 0.5) is 5.69 Å². The third-order valence-electron chi connectivity index (χ3n) is 3.48. The molecule has 0 amide bonds. The van der Waals surface area contributed by atoms with Crippen LogP contribution in [0.25, 0.3) is 0 Å². The number of nitrogen functional groups attached to an aromatic ring is 1. The molecule has 0 heterocycles. The van der Waals surface area contributed by atoms with Gasteiger partial charge in [-0.3, -0.25) is 0 Å². The van der Waals surface area contributed by atoms with Crippen LogP contribution in [0.2, 0.25) is 5.02 Å². The zero-order valence-corrected chi connectivity index (χ0v) is 11.8. The van der Waals surface area contributed by atoms with Crippen molar-refractivity contribution in [2.75, 3.05) is 5.73 Å². The second-order valence-electron chi connectivity index (χ2n) is 4.78. The standard InChI is InChI=1S/C12H17ClN2O2S/c1-8(9-3-2-4-9)15-18(16,17)10-5-6-11(13)12(14)7-10/h5-9,15H,2-4,14H2,1H3. The van der Waals surface area contributed by atoms with Crippen LogP contribution in [-0.4, -0.2) is 14.5 Å². The minimum atomic E-state index is -3.51. The van der Waals surface area contributed by atoms with E-state index >= 15 is 0 Å². The summed E-state index contributed by atoms with van der Waals surface area (Å²) >= 11 is 5.78. The molecular weight excluding hydrogens is 272 g/mol. The highest BCUT2D eigenvalue weighted by Crippen LogP contribution is 2.30. The molecule has 1 aliphatic rings. The maximum Gasteiger partial charge on any atom is 0.240 e. The molecule has 1 unspecified atom stereocenters. The third kappa shape index (κ3) is 2.79. The van der Waals surface area contributed by atoms with E-state index in [-0.39, 0.29) is 16.6 Å². The summed E-state index contributed by atoms with van der Waals surface area (Å²) in [6, 6.07) is 4.31. The number of rotatable bonds is 4. The summed E-state index contributed by atoms with van der Waals surface area (Å²) in [7, 11) is -3.51. The van der Waals surface area contributed by atoms with E-state index in [9.17, 15) is 8.42 Å². The van der Waals surface area contributed by atoms with Crippen molar-refractivity contribution >= 4 is 27.3 Å². The van der Waals surface area contributed by atoms with Crippen molar-refractivity contribution in [2.45, 2.75) is 37.1 Å². The van der Waals surface area contributed by atoms with Gasteiger partial charge in [0.25, 0.3) is 0 Å². The molecule has 2 rings (SSSR count). The van der Waals surface area contributed by atoms with Crippen molar-refractivity contribution in [1.29, 1.82) is 0 Å². The van der Waals surface area contributed by atoms with Gasteiger partial charge in [-0.25, -0.2) is 13.1 Å². The fraction of sp³-hybridized carbons (Fsp3) is 0.500. The minimum absolute atomic E-state index is 0.0411. The molecule has 0 saturated heterocycles. The lowest BCUT2D eigenvalue weighted by atomic mass is 9.81. The molecule has 4 nitrogen and oxygen atoms in total. The van der Waals surface area contributed by atoms with Gasteiger partial charge in [0.15, 0.2) is 0 Å². The smallest absolute Gasteiger partial charge is 0.240 e. The molecule has 0 spiro atoms. The number of nitrogens with two attached hydrogens (primary N) is 1. The first-order valence-electron chi connectivity index (χ1n) is 5.97. The third-order valence-corrected chi connectivity index (χ3v) is 5.38. The SMILES string of the molecule is CC(NS(=O)(=O)c1ccc(Cl)c(N)c1)C1CCC1. The van der Waals surface area contributed by atoms with Gasteiger partial charge in [0.2, 0.25) is 10.0 Å². The van der Waals surface area contributed by atoms with Gasteiger partial charge in [-0.05, 0) is 43.9 Å². The van der Waals surface area contributed by atoms with Crippen molar-refractivity contribution in [2.24, 2.45) is 5.92 Å². The highest BCUT2D eigenvalue weighted by molar-refractivity contribution is 7.89. The number of nitrogens with one attached hydrogen (secondary N) is 1. The van der Waals surface area contributed by atoms with E-state index < -0.39 is 10.0 Å². The summed E-state index contributed by atoms with van der Waals surface area (Å²) in [4.78, 5) is 0.163. The van der Waals surface area contributed by atoms with Gasteiger partial charge in [0.05, 0.1) is 15.6 Å². The number of halogens is 1. The molecular formula is C12H17ClN2O2S. The Labute approximate surface area is 113 Å². The Kier molecular flexibility index (Phi) is 3.84. The Balaban J connectivity index is 2.16. The predicted octanol–water partition coefficient (Wildman–Crippen LogP) is 2.39. The van der Waals surface area contributed by atoms with Crippen molar-refractivity contribution in [1.82, 2.24) is 4.72 Å². The molecule has 1 aliphatic carbocycles. The summed E-state index contributed by atoms with van der Waals surface area (Å²) in [5.74, 6) is 0.449. The Bertz CT molecular complexity index is 541. The highest BCUT2D eigenvalue weighted by atomic mass is 35.5. The normalized spacial score (nSPS) is 18.3. The molecule has 6 heteroatoms. The molecule has 3 N–H and O–H groups in total. The quantitative estimate of drug-likeness (QED) is 0.836. The average molecular weight is 289 g/mol. The second kappa shape index (κ2) is 5.07. The lowest BCUT2D eigenvalue weighted by Gasteiger charge is -2.31. The fourth-order valence-electron chi connectivity index (χ4n) is 2.04. The second-order valence-corrected chi connectivity index (χ2v) is 6.91. The van der Waals surface area contributed by atoms with Gasteiger partial charge in [0.1, 0.15) is 0 Å². The van der Waals surface area contributed by atoms with Gasteiger partial charge in [-0.15, -0.1) is 0 Å². The zero-order chi connectivity index (χ0) is 13.3. The molecule has 1 aromatic carbocycles. The summed E-state index contributed by atoms with van der Waals surface area (Å²) in [5.41, 5.74) is 5.90. The van der Waals surface area contributed by atoms with Crippen LogP contribution in [-0.2, 0) is 10.0 Å². The summed E-state index contributed by atoms with van der Waals surface area (Å²) in [6.07, 6.45) is 3.36. The molecule has 0 radical (unpaired) electrons. The number of hydrogen-bond acceptors (Lipinski definition) is 3. The Morgan fingerprint density at radius 3 is 2.61 bits per heavy atom. The van der Waals surface area contributed by atoms with Crippen molar-refractivity contribution < 1.29 is 8.42 Å². The van der Waals surface area contributed by atoms with Crippen LogP contribution in [0.3, 0.4) is 0 Å². The van der Waals surface area contributed by atoms with Crippen LogP contribution < -0.4 is 10.5 Å². The first-order valence-corrected chi connectivity index (χ1v) is 7.83. The Morgan fingerprint density at radius 1 is 1.44 bits per heavy atom. The van der Waals surface area contributed by atoms with Crippen LogP contribution in [0.5, 0.6) is 0 Å². The Hall–Kier alpha value is -0.780. The van der Waals surface area contributed by atoms with Crippen LogP contribution >= 0.6 is 11.6 Å². The van der Waals surface area contributed by atoms with Gasteiger partial charge in [-0.1, -0.05) is 18.0 Å². The van der Waals surface area contributed by atoms with Crippen LogP contribution in [0.15, 0.2) is 23.1 Å². The van der Waals surface area contributed by atoms with Gasteiger partial charge >= 0.3 is 0 Å². The molecule has 0 aromatic heterocycles. The first kappa shape index (κ1) is 13.6. The van der Waals surface area contributed by atoms with Crippen LogP contribution in [0.1, 0.15) is 26.2 Å². The van der Waals surface area contributed by atoms with E-state index in [1.165, 1.54) is 24.6 Å². The topological polar surface area (TPSA) is 72.2 Å². The first-order chi connectivity index (χ1) is 8.40. The van der Waals surface area contributed by atoms with Gasteiger partial charge in [0, 0.05) is 6.04 Å². The number of benzene rings is 1. The maximum absolute atomic E-state index is 12.1. The molecule has 1 atom stereocenters. The molecule has 0 bridgehead atoms. The van der Waals surface area contributed by atoms with Gasteiger partial charge in [-0.2, -0.15) is 0 Å². The Morgan fingerprint density at radius 2 is 2.11 bits per heavy atom. The monoisotopic (exact) mass is 288 g/mol. The molecule has 0 aliphatic heterocycles. The molecule has 100 valence electrons. The number of sulfonamides is 1. The molecule has 1 saturated carbocycles. The van der Waals surface area contributed by atoms with E-state index in [4.69, 9.17) is 17.3 Å². The lowest BCUT2D eigenvalue weighted by molar-refractivity contribution is 0.260. The number of anilines is 1. The average Bonchev–Trinajstić information content (AvgIpc) is 2.18.